The van der Waals surface area contributed by atoms with Crippen LogP contribution >= 0.6 is 0 Å². The quantitative estimate of drug-likeness (QED) is 0.155. The van der Waals surface area contributed by atoms with Crippen LogP contribution in [0.5, 0.6) is 0 Å². The molecule has 0 aromatic heterocycles. The number of aryl methyl sites for hydroxylation is 1. The van der Waals surface area contributed by atoms with Gasteiger partial charge in [0.1, 0.15) is 8.07 Å². The summed E-state index contributed by atoms with van der Waals surface area (Å²) in [5.41, 5.74) is 9.50. The van der Waals surface area contributed by atoms with Gasteiger partial charge in [-0.3, -0.25) is 0 Å². The Morgan fingerprint density at radius 3 is 1.77 bits per heavy atom. The Bertz CT molecular complexity index is 2140. The Hall–Kier alpha value is -4.46. The minimum Gasteiger partial charge on any atom is -0.0623 e. The van der Waals surface area contributed by atoms with Crippen LogP contribution in [-0.4, -0.2) is 8.07 Å². The molecule has 1 heteroatoms. The normalized spacial score (nSPS) is 13.6. The van der Waals surface area contributed by atoms with Crippen molar-refractivity contribution in [2.75, 3.05) is 0 Å². The highest BCUT2D eigenvalue weighted by Crippen LogP contribution is 2.48. The molecule has 0 aliphatic carbocycles. The van der Waals surface area contributed by atoms with Crippen LogP contribution in [0.3, 0.4) is 0 Å². The lowest BCUT2D eigenvalue weighted by atomic mass is 9.82. The fourth-order valence-electron chi connectivity index (χ4n) is 7.28. The van der Waals surface area contributed by atoms with Crippen LogP contribution in [0.1, 0.15) is 5.56 Å². The highest BCUT2D eigenvalue weighted by atomic mass is 28.3. The van der Waals surface area contributed by atoms with Crippen molar-refractivity contribution in [3.05, 3.63) is 133 Å². The predicted octanol–water partition coefficient (Wildman–Crippen LogP) is 9.59. The van der Waals surface area contributed by atoms with Gasteiger partial charge in [-0.15, -0.1) is 0 Å². The number of rotatable bonds is 2. The molecule has 7 aromatic carbocycles. The summed E-state index contributed by atoms with van der Waals surface area (Å²) in [5, 5.41) is 11.0. The molecule has 190 valence electrons. The fraction of sp³-hybridized carbons (Fsp3) is 0.0769. The van der Waals surface area contributed by atoms with Gasteiger partial charge in [0.25, 0.3) is 0 Å². The molecule has 0 amide bonds. The van der Waals surface area contributed by atoms with Gasteiger partial charge in [0.2, 0.25) is 0 Å². The first-order valence-electron chi connectivity index (χ1n) is 14.2. The zero-order valence-corrected chi connectivity index (χ0v) is 24.1. The van der Waals surface area contributed by atoms with Gasteiger partial charge in [-0.1, -0.05) is 146 Å². The summed E-state index contributed by atoms with van der Waals surface area (Å²) in [7, 11) is -1.79. The maximum atomic E-state index is 2.51. The van der Waals surface area contributed by atoms with Crippen molar-refractivity contribution in [1.82, 2.24) is 0 Å². The van der Waals surface area contributed by atoms with Crippen molar-refractivity contribution in [2.45, 2.75) is 20.0 Å². The van der Waals surface area contributed by atoms with Gasteiger partial charge in [-0.2, -0.15) is 0 Å². The highest BCUT2D eigenvalue weighted by Gasteiger charge is 2.38. The Balaban J connectivity index is 1.57. The van der Waals surface area contributed by atoms with Gasteiger partial charge in [-0.25, -0.2) is 0 Å². The molecule has 0 saturated carbocycles. The van der Waals surface area contributed by atoms with Crippen LogP contribution < -0.4 is 10.4 Å². The van der Waals surface area contributed by atoms with Crippen molar-refractivity contribution >= 4 is 50.8 Å². The van der Waals surface area contributed by atoms with E-state index in [2.05, 4.69) is 147 Å². The van der Waals surface area contributed by atoms with Crippen LogP contribution in [0.2, 0.25) is 13.1 Å². The van der Waals surface area contributed by atoms with Crippen LogP contribution in [0.25, 0.3) is 65.7 Å². The summed E-state index contributed by atoms with van der Waals surface area (Å²) in [4.78, 5) is 0. The summed E-state index contributed by atoms with van der Waals surface area (Å²) in [5.74, 6) is 0. The van der Waals surface area contributed by atoms with Crippen molar-refractivity contribution in [3.8, 4) is 33.4 Å². The second-order valence-corrected chi connectivity index (χ2v) is 16.1. The number of hydrogen-bond acceptors (Lipinski definition) is 0. The number of hydrogen-bond donors (Lipinski definition) is 0. The third-order valence-corrected chi connectivity index (χ3v) is 12.7. The lowest BCUT2D eigenvalue weighted by Crippen LogP contribution is -2.49. The fourth-order valence-corrected chi connectivity index (χ4v) is 10.4. The standard InChI is InChI=1S/C39H30Si/c1-25-22-23-31-34(24-25)38(33-19-11-21-36-39(33)32-17-8-9-20-35(32)40(36,2)3)30-16-7-6-15-29(30)37(31)28-18-10-13-26-12-4-5-14-27(26)28/h4-24H,1-3H3. The van der Waals surface area contributed by atoms with Gasteiger partial charge >= 0.3 is 0 Å². The summed E-state index contributed by atoms with van der Waals surface area (Å²) < 4.78 is 0. The molecule has 40 heavy (non-hydrogen) atoms. The molecule has 0 unspecified atom stereocenters. The van der Waals surface area contributed by atoms with Gasteiger partial charge in [0.05, 0.1) is 0 Å². The zero-order chi connectivity index (χ0) is 27.0. The van der Waals surface area contributed by atoms with E-state index in [0.29, 0.717) is 0 Å². The highest BCUT2D eigenvalue weighted by molar-refractivity contribution is 7.04. The molecule has 0 nitrogen and oxygen atoms in total. The van der Waals surface area contributed by atoms with E-state index >= 15 is 0 Å². The second-order valence-electron chi connectivity index (χ2n) is 11.8. The Labute approximate surface area is 236 Å². The molecule has 0 fully saturated rings. The first-order valence-corrected chi connectivity index (χ1v) is 17.2. The van der Waals surface area contributed by atoms with Crippen molar-refractivity contribution in [2.24, 2.45) is 0 Å². The molecule has 1 aliphatic rings. The van der Waals surface area contributed by atoms with Crippen molar-refractivity contribution < 1.29 is 0 Å². The topological polar surface area (TPSA) is 0 Å². The second kappa shape index (κ2) is 8.52. The third kappa shape index (κ3) is 3.19. The Morgan fingerprint density at radius 2 is 0.950 bits per heavy atom. The molecule has 8 rings (SSSR count). The first kappa shape index (κ1) is 23.4. The SMILES string of the molecule is Cc1ccc2c(-c3cccc4ccccc34)c3ccccc3c(-c3cccc4c3-c3ccccc3[Si]4(C)C)c2c1. The molecular weight excluding hydrogens is 497 g/mol. The van der Waals surface area contributed by atoms with E-state index in [1.165, 1.54) is 71.3 Å². The smallest absolute Gasteiger partial charge is 0.0623 e. The van der Waals surface area contributed by atoms with E-state index in [-0.39, 0.29) is 0 Å². The Morgan fingerprint density at radius 1 is 0.400 bits per heavy atom. The van der Waals surface area contributed by atoms with Gasteiger partial charge in [-0.05, 0) is 83.0 Å². The van der Waals surface area contributed by atoms with E-state index in [1.54, 1.807) is 10.4 Å². The van der Waals surface area contributed by atoms with Crippen molar-refractivity contribution in [3.63, 3.8) is 0 Å². The molecule has 1 aliphatic heterocycles. The summed E-state index contributed by atoms with van der Waals surface area (Å²) in [6, 6.07) is 47.8. The maximum Gasteiger partial charge on any atom is 0.113 e. The minimum absolute atomic E-state index is 1.28. The minimum atomic E-state index is -1.79. The zero-order valence-electron chi connectivity index (χ0n) is 23.1. The monoisotopic (exact) mass is 526 g/mol. The molecular formula is C39H30Si. The molecule has 0 saturated heterocycles. The average molecular weight is 527 g/mol. The first-order chi connectivity index (χ1) is 19.5. The molecule has 1 heterocycles. The van der Waals surface area contributed by atoms with Crippen LogP contribution in [0.4, 0.5) is 0 Å². The van der Waals surface area contributed by atoms with Crippen molar-refractivity contribution in [1.29, 1.82) is 0 Å². The van der Waals surface area contributed by atoms with E-state index in [9.17, 15) is 0 Å². The largest absolute Gasteiger partial charge is 0.113 e. The molecule has 0 radical (unpaired) electrons. The molecule has 7 aromatic rings. The average Bonchev–Trinajstić information content (AvgIpc) is 3.22. The van der Waals surface area contributed by atoms with Crippen LogP contribution in [-0.2, 0) is 0 Å². The molecule has 0 bridgehead atoms. The van der Waals surface area contributed by atoms with Crippen LogP contribution in [0, 0.1) is 6.92 Å². The van der Waals surface area contributed by atoms with E-state index in [4.69, 9.17) is 0 Å². The maximum absolute atomic E-state index is 2.51. The number of benzene rings is 7. The van der Waals surface area contributed by atoms with Crippen LogP contribution in [0.15, 0.2) is 127 Å². The van der Waals surface area contributed by atoms with E-state index in [1.807, 2.05) is 0 Å². The van der Waals surface area contributed by atoms with Gasteiger partial charge in [0, 0.05) is 0 Å². The number of fused-ring (bicyclic) bond motifs is 6. The summed E-state index contributed by atoms with van der Waals surface area (Å²) in [6.45, 7) is 7.23. The van der Waals surface area contributed by atoms with Gasteiger partial charge < -0.3 is 0 Å². The van der Waals surface area contributed by atoms with E-state index in [0.717, 1.165) is 0 Å². The summed E-state index contributed by atoms with van der Waals surface area (Å²) in [6.07, 6.45) is 0. The lowest BCUT2D eigenvalue weighted by Gasteiger charge is -2.22. The predicted molar refractivity (Wildman–Crippen MR) is 177 cm³/mol. The Kier molecular flexibility index (Phi) is 4.99. The molecule has 0 atom stereocenters. The molecule has 0 N–H and O–H groups in total. The van der Waals surface area contributed by atoms with E-state index < -0.39 is 8.07 Å². The summed E-state index contributed by atoms with van der Waals surface area (Å²) >= 11 is 0. The lowest BCUT2D eigenvalue weighted by molar-refractivity contribution is 1.51. The third-order valence-electron chi connectivity index (χ3n) is 9.12. The van der Waals surface area contributed by atoms with Gasteiger partial charge in [0.15, 0.2) is 0 Å². The molecule has 0 spiro atoms.